The zero-order chi connectivity index (χ0) is 22.9. The van der Waals surface area contributed by atoms with Crippen LogP contribution in [0.15, 0.2) is 35.4 Å². The third kappa shape index (κ3) is 4.05. The van der Waals surface area contributed by atoms with E-state index in [2.05, 4.69) is 26.0 Å². The molecule has 0 aromatic carbocycles. The monoisotopic (exact) mass is 453 g/mol. The summed E-state index contributed by atoms with van der Waals surface area (Å²) in [4.78, 5) is 30.5. The first-order valence-electron chi connectivity index (χ1n) is 11.2. The topological polar surface area (TPSA) is 135 Å². The fraction of sp³-hybridized carbons (Fsp3) is 0.455. The van der Waals surface area contributed by atoms with Gasteiger partial charge in [0.25, 0.3) is 11.5 Å². The SMILES string of the molecule is CNc1cc(Nc2cccn(C3CCOCC3)c2=O)nc2c(C(=O)NC3CCC3O)cnn12. The van der Waals surface area contributed by atoms with E-state index in [4.69, 9.17) is 4.74 Å². The van der Waals surface area contributed by atoms with Crippen LogP contribution in [0.2, 0.25) is 0 Å². The van der Waals surface area contributed by atoms with Gasteiger partial charge in [-0.3, -0.25) is 9.59 Å². The Kier molecular flexibility index (Phi) is 5.73. The molecule has 4 N–H and O–H groups in total. The molecule has 2 aliphatic rings. The number of rotatable bonds is 6. The van der Waals surface area contributed by atoms with Crippen molar-refractivity contribution in [2.24, 2.45) is 0 Å². The molecule has 1 aliphatic carbocycles. The van der Waals surface area contributed by atoms with Gasteiger partial charge in [-0.05, 0) is 37.8 Å². The summed E-state index contributed by atoms with van der Waals surface area (Å²) < 4.78 is 8.68. The lowest BCUT2D eigenvalue weighted by Crippen LogP contribution is -2.50. The number of carbonyl (C=O) groups excluding carboxylic acids is 1. The number of aliphatic hydroxyl groups excluding tert-OH is 1. The Bertz CT molecular complexity index is 1230. The quantitative estimate of drug-likeness (QED) is 0.438. The predicted molar refractivity (Wildman–Crippen MR) is 122 cm³/mol. The summed E-state index contributed by atoms with van der Waals surface area (Å²) >= 11 is 0. The molecule has 33 heavy (non-hydrogen) atoms. The van der Waals surface area contributed by atoms with Crippen LogP contribution in [0.3, 0.4) is 0 Å². The van der Waals surface area contributed by atoms with E-state index in [9.17, 15) is 14.7 Å². The second-order valence-corrected chi connectivity index (χ2v) is 8.40. The molecular formula is C22H27N7O4. The van der Waals surface area contributed by atoms with Crippen molar-refractivity contribution in [3.63, 3.8) is 0 Å². The van der Waals surface area contributed by atoms with Crippen LogP contribution < -0.4 is 21.5 Å². The molecule has 0 spiro atoms. The fourth-order valence-corrected chi connectivity index (χ4v) is 4.26. The molecule has 3 aromatic rings. The molecule has 1 saturated heterocycles. The minimum atomic E-state index is -0.523. The Morgan fingerprint density at radius 3 is 2.76 bits per heavy atom. The zero-order valence-corrected chi connectivity index (χ0v) is 18.3. The second kappa shape index (κ2) is 8.83. The molecule has 11 nitrogen and oxygen atoms in total. The number of nitrogens with one attached hydrogen (secondary N) is 3. The molecule has 1 aliphatic heterocycles. The van der Waals surface area contributed by atoms with Crippen molar-refractivity contribution in [3.05, 3.63) is 46.5 Å². The first-order valence-corrected chi connectivity index (χ1v) is 11.2. The van der Waals surface area contributed by atoms with E-state index < -0.39 is 6.10 Å². The smallest absolute Gasteiger partial charge is 0.274 e. The van der Waals surface area contributed by atoms with Gasteiger partial charge in [-0.1, -0.05) is 0 Å². The van der Waals surface area contributed by atoms with Gasteiger partial charge in [-0.2, -0.15) is 9.61 Å². The third-order valence-electron chi connectivity index (χ3n) is 6.35. The molecule has 11 heteroatoms. The van der Waals surface area contributed by atoms with E-state index in [-0.39, 0.29) is 23.6 Å². The summed E-state index contributed by atoms with van der Waals surface area (Å²) in [7, 11) is 1.74. The molecule has 2 atom stereocenters. The molecule has 2 fully saturated rings. The number of amides is 1. The van der Waals surface area contributed by atoms with Crippen molar-refractivity contribution in [3.8, 4) is 0 Å². The van der Waals surface area contributed by atoms with Gasteiger partial charge in [0.15, 0.2) is 5.65 Å². The summed E-state index contributed by atoms with van der Waals surface area (Å²) in [6.45, 7) is 1.28. The minimum Gasteiger partial charge on any atom is -0.391 e. The predicted octanol–water partition coefficient (Wildman–Crippen LogP) is 1.28. The van der Waals surface area contributed by atoms with E-state index in [1.807, 2.05) is 6.07 Å². The number of pyridine rings is 1. The summed E-state index contributed by atoms with van der Waals surface area (Å²) in [6.07, 6.45) is 5.73. The molecular weight excluding hydrogens is 426 g/mol. The van der Waals surface area contributed by atoms with Crippen molar-refractivity contribution in [1.29, 1.82) is 0 Å². The van der Waals surface area contributed by atoms with Crippen LogP contribution in [0.1, 0.15) is 42.1 Å². The van der Waals surface area contributed by atoms with E-state index in [0.29, 0.717) is 48.2 Å². The number of anilines is 3. The number of hydrogen-bond acceptors (Lipinski definition) is 8. The number of carbonyl (C=O) groups is 1. The Hall–Kier alpha value is -3.44. The highest BCUT2D eigenvalue weighted by Gasteiger charge is 2.31. The summed E-state index contributed by atoms with van der Waals surface area (Å²) in [6, 6.07) is 5.11. The average molecular weight is 454 g/mol. The molecule has 174 valence electrons. The lowest BCUT2D eigenvalue weighted by Gasteiger charge is -2.32. The van der Waals surface area contributed by atoms with Crippen LogP contribution in [0.4, 0.5) is 17.3 Å². The van der Waals surface area contributed by atoms with Gasteiger partial charge in [0.05, 0.1) is 18.3 Å². The molecule has 2 unspecified atom stereocenters. The van der Waals surface area contributed by atoms with Gasteiger partial charge in [0.2, 0.25) is 0 Å². The summed E-state index contributed by atoms with van der Waals surface area (Å²) in [5.74, 6) is 0.667. The van der Waals surface area contributed by atoms with Crippen LogP contribution in [-0.2, 0) is 4.74 Å². The highest BCUT2D eigenvalue weighted by atomic mass is 16.5. The zero-order valence-electron chi connectivity index (χ0n) is 18.3. The first kappa shape index (κ1) is 21.4. The van der Waals surface area contributed by atoms with E-state index in [0.717, 1.165) is 19.3 Å². The Morgan fingerprint density at radius 1 is 1.24 bits per heavy atom. The number of aromatic nitrogens is 4. The number of fused-ring (bicyclic) bond motifs is 1. The molecule has 5 rings (SSSR count). The Morgan fingerprint density at radius 2 is 2.06 bits per heavy atom. The highest BCUT2D eigenvalue weighted by Crippen LogP contribution is 2.24. The van der Waals surface area contributed by atoms with Gasteiger partial charge >= 0.3 is 0 Å². The fourth-order valence-electron chi connectivity index (χ4n) is 4.26. The minimum absolute atomic E-state index is 0.100. The molecule has 4 heterocycles. The Labute approximate surface area is 189 Å². The van der Waals surface area contributed by atoms with Crippen LogP contribution in [0, 0.1) is 0 Å². The van der Waals surface area contributed by atoms with Crippen LogP contribution in [0.25, 0.3) is 5.65 Å². The van der Waals surface area contributed by atoms with Crippen LogP contribution >= 0.6 is 0 Å². The summed E-state index contributed by atoms with van der Waals surface area (Å²) in [5.41, 5.74) is 0.895. The standard InChI is InChI=1S/C22H27N7O4/c1-23-19-11-18(25-16-3-2-8-28(22(16)32)13-6-9-33-10-7-13)27-20-14(12-24-29(19)20)21(31)26-15-4-5-17(15)30/h2-3,8,11-13,15,17,23,30H,4-7,9-10H2,1H3,(H,25,27)(H,26,31). The van der Waals surface area contributed by atoms with Crippen LogP contribution in [-0.4, -0.2) is 62.6 Å². The normalized spacial score (nSPS) is 20.9. The Balaban J connectivity index is 1.46. The second-order valence-electron chi connectivity index (χ2n) is 8.40. The number of ether oxygens (including phenoxy) is 1. The molecule has 0 radical (unpaired) electrons. The van der Waals surface area contributed by atoms with Crippen molar-refractivity contribution in [1.82, 2.24) is 24.5 Å². The van der Waals surface area contributed by atoms with Gasteiger partial charge in [0, 0.05) is 38.6 Å². The van der Waals surface area contributed by atoms with E-state index in [1.165, 1.54) is 10.7 Å². The largest absolute Gasteiger partial charge is 0.391 e. The van der Waals surface area contributed by atoms with E-state index in [1.54, 1.807) is 29.9 Å². The third-order valence-corrected chi connectivity index (χ3v) is 6.35. The average Bonchev–Trinajstić information content (AvgIpc) is 3.27. The van der Waals surface area contributed by atoms with Crippen molar-refractivity contribution in [2.45, 2.75) is 43.9 Å². The summed E-state index contributed by atoms with van der Waals surface area (Å²) in [5, 5.41) is 23.1. The number of nitrogens with zero attached hydrogens (tertiary/aromatic N) is 4. The molecule has 1 saturated carbocycles. The lowest BCUT2D eigenvalue weighted by molar-refractivity contribution is 0.0448. The number of aliphatic hydroxyl groups is 1. The molecule has 3 aromatic heterocycles. The van der Waals surface area contributed by atoms with Crippen molar-refractivity contribution < 1.29 is 14.6 Å². The number of hydrogen-bond donors (Lipinski definition) is 4. The van der Waals surface area contributed by atoms with Gasteiger partial charge in [-0.25, -0.2) is 4.98 Å². The maximum Gasteiger partial charge on any atom is 0.274 e. The van der Waals surface area contributed by atoms with Gasteiger partial charge in [-0.15, -0.1) is 0 Å². The van der Waals surface area contributed by atoms with E-state index >= 15 is 0 Å². The molecule has 1 amide bonds. The first-order chi connectivity index (χ1) is 16.0. The van der Waals surface area contributed by atoms with Gasteiger partial charge in [0.1, 0.15) is 22.9 Å². The lowest BCUT2D eigenvalue weighted by atomic mass is 9.89. The van der Waals surface area contributed by atoms with Crippen molar-refractivity contribution in [2.75, 3.05) is 30.9 Å². The van der Waals surface area contributed by atoms with Crippen molar-refractivity contribution >= 4 is 28.9 Å². The van der Waals surface area contributed by atoms with Gasteiger partial charge < -0.3 is 30.4 Å². The maximum atomic E-state index is 13.1. The molecule has 0 bridgehead atoms. The van der Waals surface area contributed by atoms with Crippen LogP contribution in [0.5, 0.6) is 0 Å². The maximum absolute atomic E-state index is 13.1. The highest BCUT2D eigenvalue weighted by molar-refractivity contribution is 6.00.